The van der Waals surface area contributed by atoms with Crippen molar-refractivity contribution in [1.82, 2.24) is 19.7 Å². The summed E-state index contributed by atoms with van der Waals surface area (Å²) < 4.78 is 7.66. The highest BCUT2D eigenvalue weighted by Gasteiger charge is 2.23. The number of ether oxygens (including phenoxy) is 1. The van der Waals surface area contributed by atoms with Crippen molar-refractivity contribution in [2.24, 2.45) is 5.92 Å². The Balaban J connectivity index is 1.39. The molecule has 2 aromatic heterocycles. The SMILES string of the molecule is Clc1ccc(Nc2cc(-c3ccc4cnn(CC5CC5)c4c3)nc(N3CCOCC3)n2)cc1. The second-order valence-electron chi connectivity index (χ2n) is 8.71. The maximum atomic E-state index is 6.05. The Morgan fingerprint density at radius 1 is 1.00 bits per heavy atom. The summed E-state index contributed by atoms with van der Waals surface area (Å²) in [6.45, 7) is 3.90. The van der Waals surface area contributed by atoms with Gasteiger partial charge < -0.3 is 15.0 Å². The van der Waals surface area contributed by atoms with Crippen molar-refractivity contribution in [3.05, 3.63) is 59.8 Å². The molecule has 168 valence electrons. The van der Waals surface area contributed by atoms with Crippen LogP contribution in [0.5, 0.6) is 0 Å². The van der Waals surface area contributed by atoms with Crippen LogP contribution in [0.2, 0.25) is 5.02 Å². The number of halogens is 1. The van der Waals surface area contributed by atoms with Crippen molar-refractivity contribution in [3.63, 3.8) is 0 Å². The van der Waals surface area contributed by atoms with Gasteiger partial charge in [0.1, 0.15) is 5.82 Å². The Hall–Kier alpha value is -3.16. The molecule has 1 N–H and O–H groups in total. The largest absolute Gasteiger partial charge is 0.378 e. The van der Waals surface area contributed by atoms with Crippen LogP contribution >= 0.6 is 11.6 Å². The topological polar surface area (TPSA) is 68.1 Å². The van der Waals surface area contributed by atoms with Crippen molar-refractivity contribution in [3.8, 4) is 11.3 Å². The highest BCUT2D eigenvalue weighted by molar-refractivity contribution is 6.30. The van der Waals surface area contributed by atoms with Gasteiger partial charge in [0.25, 0.3) is 0 Å². The van der Waals surface area contributed by atoms with Crippen LogP contribution in [-0.2, 0) is 11.3 Å². The number of rotatable bonds is 6. The molecule has 7 nitrogen and oxygen atoms in total. The van der Waals surface area contributed by atoms with E-state index < -0.39 is 0 Å². The quantitative estimate of drug-likeness (QED) is 0.430. The second-order valence-corrected chi connectivity index (χ2v) is 9.15. The fourth-order valence-corrected chi connectivity index (χ4v) is 4.28. The fraction of sp³-hybridized carbons (Fsp3) is 0.320. The van der Waals surface area contributed by atoms with Crippen molar-refractivity contribution in [2.45, 2.75) is 19.4 Å². The van der Waals surface area contributed by atoms with Crippen LogP contribution in [0.3, 0.4) is 0 Å². The van der Waals surface area contributed by atoms with E-state index in [1.807, 2.05) is 36.5 Å². The summed E-state index contributed by atoms with van der Waals surface area (Å²) in [6.07, 6.45) is 4.55. The summed E-state index contributed by atoms with van der Waals surface area (Å²) in [4.78, 5) is 11.9. The third-order valence-electron chi connectivity index (χ3n) is 6.19. The van der Waals surface area contributed by atoms with E-state index in [1.165, 1.54) is 12.8 Å². The van der Waals surface area contributed by atoms with Gasteiger partial charge in [-0.05, 0) is 49.1 Å². The summed E-state index contributed by atoms with van der Waals surface area (Å²) in [5.74, 6) is 2.22. The summed E-state index contributed by atoms with van der Waals surface area (Å²) in [6, 6.07) is 16.1. The Bertz CT molecular complexity index is 1280. The zero-order chi connectivity index (χ0) is 22.2. The summed E-state index contributed by atoms with van der Waals surface area (Å²) in [5.41, 5.74) is 4.01. The molecular weight excluding hydrogens is 436 g/mol. The highest BCUT2D eigenvalue weighted by atomic mass is 35.5. The van der Waals surface area contributed by atoms with Gasteiger partial charge in [-0.15, -0.1) is 0 Å². The van der Waals surface area contributed by atoms with E-state index in [-0.39, 0.29) is 0 Å². The minimum Gasteiger partial charge on any atom is -0.378 e. The first-order valence-corrected chi connectivity index (χ1v) is 11.8. The van der Waals surface area contributed by atoms with Gasteiger partial charge in [-0.3, -0.25) is 4.68 Å². The molecule has 2 aliphatic rings. The summed E-state index contributed by atoms with van der Waals surface area (Å²) >= 11 is 6.05. The van der Waals surface area contributed by atoms with Gasteiger partial charge in [-0.2, -0.15) is 10.1 Å². The normalized spacial score (nSPS) is 16.3. The number of hydrogen-bond acceptors (Lipinski definition) is 6. The van der Waals surface area contributed by atoms with Gasteiger partial charge >= 0.3 is 0 Å². The second kappa shape index (κ2) is 8.65. The lowest BCUT2D eigenvalue weighted by atomic mass is 10.1. The third kappa shape index (κ3) is 4.51. The lowest BCUT2D eigenvalue weighted by Crippen LogP contribution is -2.37. The molecule has 0 radical (unpaired) electrons. The molecule has 33 heavy (non-hydrogen) atoms. The molecule has 0 atom stereocenters. The van der Waals surface area contributed by atoms with E-state index in [4.69, 9.17) is 26.3 Å². The van der Waals surface area contributed by atoms with Crippen LogP contribution in [0.4, 0.5) is 17.5 Å². The van der Waals surface area contributed by atoms with E-state index in [0.29, 0.717) is 24.2 Å². The molecule has 0 unspecified atom stereocenters. The molecule has 3 heterocycles. The standard InChI is InChI=1S/C25H25ClN6O/c26-20-5-7-21(8-6-20)28-24-14-22(29-25(30-24)31-9-11-33-12-10-31)18-3-4-19-15-27-32(23(19)13-18)16-17-1-2-17/h3-8,13-15,17H,1-2,9-12,16H2,(H,28,29,30). The van der Waals surface area contributed by atoms with E-state index in [1.54, 1.807) is 0 Å². The number of nitrogens with zero attached hydrogens (tertiary/aromatic N) is 5. The smallest absolute Gasteiger partial charge is 0.228 e. The molecule has 8 heteroatoms. The molecule has 2 aromatic carbocycles. The van der Waals surface area contributed by atoms with E-state index in [9.17, 15) is 0 Å². The first-order chi connectivity index (χ1) is 16.2. The minimum absolute atomic E-state index is 0.680. The number of hydrogen-bond donors (Lipinski definition) is 1. The van der Waals surface area contributed by atoms with Crippen LogP contribution in [0, 0.1) is 5.92 Å². The van der Waals surface area contributed by atoms with Crippen LogP contribution in [0.25, 0.3) is 22.2 Å². The number of fused-ring (bicyclic) bond motifs is 1. The first kappa shape index (κ1) is 20.4. The lowest BCUT2D eigenvalue weighted by Gasteiger charge is -2.27. The molecular formula is C25H25ClN6O. The maximum absolute atomic E-state index is 6.05. The van der Waals surface area contributed by atoms with Crippen molar-refractivity contribution < 1.29 is 4.74 Å². The number of anilines is 3. The number of benzene rings is 2. The van der Waals surface area contributed by atoms with Crippen molar-refractivity contribution in [1.29, 1.82) is 0 Å². The molecule has 0 amide bonds. The van der Waals surface area contributed by atoms with E-state index in [2.05, 4.69) is 38.2 Å². The predicted molar refractivity (Wildman–Crippen MR) is 131 cm³/mol. The summed E-state index contributed by atoms with van der Waals surface area (Å²) in [7, 11) is 0. The minimum atomic E-state index is 0.680. The molecule has 1 saturated carbocycles. The number of nitrogens with one attached hydrogen (secondary N) is 1. The Kier molecular flexibility index (Phi) is 5.36. The number of aromatic nitrogens is 4. The lowest BCUT2D eigenvalue weighted by molar-refractivity contribution is 0.122. The Labute approximate surface area is 197 Å². The summed E-state index contributed by atoms with van der Waals surface area (Å²) in [5, 5.41) is 9.89. The van der Waals surface area contributed by atoms with Crippen molar-refractivity contribution in [2.75, 3.05) is 36.5 Å². The Morgan fingerprint density at radius 2 is 1.82 bits per heavy atom. The van der Waals surface area contributed by atoms with Crippen molar-refractivity contribution >= 4 is 40.0 Å². The molecule has 1 aliphatic carbocycles. The van der Waals surface area contributed by atoms with Crippen LogP contribution in [0.15, 0.2) is 54.7 Å². The molecule has 0 spiro atoms. The maximum Gasteiger partial charge on any atom is 0.228 e. The van der Waals surface area contributed by atoms with Gasteiger partial charge in [0.2, 0.25) is 5.95 Å². The zero-order valence-corrected chi connectivity index (χ0v) is 19.0. The van der Waals surface area contributed by atoms with E-state index in [0.717, 1.165) is 59.2 Å². The van der Waals surface area contributed by atoms with E-state index >= 15 is 0 Å². The molecule has 2 fully saturated rings. The number of morpholine rings is 1. The Morgan fingerprint density at radius 3 is 2.61 bits per heavy atom. The average molecular weight is 461 g/mol. The molecule has 0 bridgehead atoms. The van der Waals surface area contributed by atoms with Gasteiger partial charge in [-0.25, -0.2) is 4.98 Å². The van der Waals surface area contributed by atoms with Gasteiger partial charge in [0.05, 0.1) is 30.6 Å². The molecule has 4 aromatic rings. The average Bonchev–Trinajstić information content (AvgIpc) is 3.59. The van der Waals surface area contributed by atoms with Gasteiger partial charge in [0, 0.05) is 47.4 Å². The monoisotopic (exact) mass is 460 g/mol. The third-order valence-corrected chi connectivity index (χ3v) is 6.45. The van der Waals surface area contributed by atoms with Crippen LogP contribution in [-0.4, -0.2) is 46.1 Å². The van der Waals surface area contributed by atoms with Gasteiger partial charge in [-0.1, -0.05) is 23.7 Å². The fourth-order valence-electron chi connectivity index (χ4n) is 4.15. The van der Waals surface area contributed by atoms with Crippen LogP contribution < -0.4 is 10.2 Å². The molecule has 1 saturated heterocycles. The van der Waals surface area contributed by atoms with Gasteiger partial charge in [0.15, 0.2) is 0 Å². The predicted octanol–water partition coefficient (Wildman–Crippen LogP) is 5.14. The first-order valence-electron chi connectivity index (χ1n) is 11.4. The molecule has 6 rings (SSSR count). The highest BCUT2D eigenvalue weighted by Crippen LogP contribution is 2.33. The van der Waals surface area contributed by atoms with Crippen LogP contribution in [0.1, 0.15) is 12.8 Å². The molecule has 1 aliphatic heterocycles. The zero-order valence-electron chi connectivity index (χ0n) is 18.2.